The van der Waals surface area contributed by atoms with Crippen LogP contribution in [0.15, 0.2) is 48.5 Å². The Kier molecular flexibility index (Phi) is 6.78. The standard InChI is InChI=1S/C22H27FN2O3/c1-15(27)25(11-12-28-2)13-20-22(21(14-26)24-20)18-5-3-16(4-6-18)17-7-9-19(23)10-8-17/h3-10,20-22,24,26H,11-14H2,1-2H3/t20-,21-,22-/m0/s1. The van der Waals surface area contributed by atoms with Crippen LogP contribution in [0, 0.1) is 5.82 Å². The summed E-state index contributed by atoms with van der Waals surface area (Å²) >= 11 is 0. The summed E-state index contributed by atoms with van der Waals surface area (Å²) < 4.78 is 18.2. The van der Waals surface area contributed by atoms with E-state index < -0.39 is 0 Å². The summed E-state index contributed by atoms with van der Waals surface area (Å²) in [5.41, 5.74) is 3.08. The molecule has 28 heavy (non-hydrogen) atoms. The second-order valence-electron chi connectivity index (χ2n) is 7.17. The average molecular weight is 386 g/mol. The number of aliphatic hydroxyl groups is 1. The molecule has 0 saturated carbocycles. The lowest BCUT2D eigenvalue weighted by Gasteiger charge is -2.47. The summed E-state index contributed by atoms with van der Waals surface area (Å²) in [4.78, 5) is 13.7. The van der Waals surface area contributed by atoms with E-state index in [2.05, 4.69) is 5.32 Å². The number of ether oxygens (including phenoxy) is 1. The fourth-order valence-electron chi connectivity index (χ4n) is 3.80. The van der Waals surface area contributed by atoms with Crippen molar-refractivity contribution < 1.29 is 19.0 Å². The Bertz CT molecular complexity index is 779. The van der Waals surface area contributed by atoms with E-state index in [1.807, 2.05) is 24.3 Å². The molecule has 2 aromatic carbocycles. The first kappa shape index (κ1) is 20.5. The topological polar surface area (TPSA) is 61.8 Å². The molecule has 1 aliphatic rings. The molecule has 1 saturated heterocycles. The number of amides is 1. The molecule has 0 aromatic heterocycles. The Morgan fingerprint density at radius 1 is 1.11 bits per heavy atom. The SMILES string of the molecule is COCCN(C[C@@H]1N[C@@H](CO)[C@H]1c1ccc(-c2ccc(F)cc2)cc1)C(C)=O. The molecule has 1 aliphatic heterocycles. The van der Waals surface area contributed by atoms with Crippen LogP contribution in [-0.4, -0.2) is 61.4 Å². The van der Waals surface area contributed by atoms with Crippen molar-refractivity contribution in [3.05, 3.63) is 59.9 Å². The van der Waals surface area contributed by atoms with E-state index in [4.69, 9.17) is 4.74 Å². The summed E-state index contributed by atoms with van der Waals surface area (Å²) in [6, 6.07) is 14.6. The zero-order valence-corrected chi connectivity index (χ0v) is 16.3. The normalized spacial score (nSPS) is 21.2. The summed E-state index contributed by atoms with van der Waals surface area (Å²) in [6.07, 6.45) is 0. The van der Waals surface area contributed by atoms with Crippen LogP contribution >= 0.6 is 0 Å². The third kappa shape index (κ3) is 4.58. The highest BCUT2D eigenvalue weighted by atomic mass is 19.1. The Hall–Kier alpha value is -2.28. The number of aliphatic hydroxyl groups excluding tert-OH is 1. The molecule has 150 valence electrons. The highest BCUT2D eigenvalue weighted by Crippen LogP contribution is 2.34. The minimum Gasteiger partial charge on any atom is -0.395 e. The van der Waals surface area contributed by atoms with Gasteiger partial charge in [0.25, 0.3) is 0 Å². The monoisotopic (exact) mass is 386 g/mol. The van der Waals surface area contributed by atoms with Gasteiger partial charge in [0, 0.05) is 45.1 Å². The van der Waals surface area contributed by atoms with Gasteiger partial charge in [0.15, 0.2) is 0 Å². The molecule has 1 heterocycles. The van der Waals surface area contributed by atoms with Crippen molar-refractivity contribution in [3.8, 4) is 11.1 Å². The van der Waals surface area contributed by atoms with Crippen molar-refractivity contribution in [1.82, 2.24) is 10.2 Å². The lowest BCUT2D eigenvalue weighted by molar-refractivity contribution is -0.130. The van der Waals surface area contributed by atoms with Gasteiger partial charge >= 0.3 is 0 Å². The maximum absolute atomic E-state index is 13.1. The van der Waals surface area contributed by atoms with Crippen molar-refractivity contribution >= 4 is 5.91 Å². The first-order valence-electron chi connectivity index (χ1n) is 9.50. The lowest BCUT2D eigenvalue weighted by Crippen LogP contribution is -2.65. The number of carbonyl (C=O) groups excluding carboxylic acids is 1. The van der Waals surface area contributed by atoms with E-state index in [0.717, 1.165) is 16.7 Å². The number of carbonyl (C=O) groups is 1. The maximum atomic E-state index is 13.1. The predicted molar refractivity (Wildman–Crippen MR) is 107 cm³/mol. The first-order chi connectivity index (χ1) is 13.5. The zero-order valence-electron chi connectivity index (χ0n) is 16.3. The highest BCUT2D eigenvalue weighted by molar-refractivity contribution is 5.73. The van der Waals surface area contributed by atoms with Crippen molar-refractivity contribution in [1.29, 1.82) is 0 Å². The van der Waals surface area contributed by atoms with E-state index in [1.54, 1.807) is 31.1 Å². The molecule has 1 amide bonds. The minimum atomic E-state index is -0.252. The molecule has 2 N–H and O–H groups in total. The molecule has 0 spiro atoms. The second-order valence-corrected chi connectivity index (χ2v) is 7.17. The molecule has 1 fully saturated rings. The number of nitrogens with one attached hydrogen (secondary N) is 1. The zero-order chi connectivity index (χ0) is 20.1. The van der Waals surface area contributed by atoms with E-state index in [1.165, 1.54) is 12.1 Å². The fourth-order valence-corrected chi connectivity index (χ4v) is 3.80. The van der Waals surface area contributed by atoms with Crippen LogP contribution in [0.5, 0.6) is 0 Å². The lowest BCUT2D eigenvalue weighted by atomic mass is 9.77. The first-order valence-corrected chi connectivity index (χ1v) is 9.50. The number of hydrogen-bond donors (Lipinski definition) is 2. The summed E-state index contributed by atoms with van der Waals surface area (Å²) in [7, 11) is 1.62. The van der Waals surface area contributed by atoms with Crippen molar-refractivity contribution in [3.63, 3.8) is 0 Å². The van der Waals surface area contributed by atoms with Crippen LogP contribution in [0.25, 0.3) is 11.1 Å². The minimum absolute atomic E-state index is 0.0108. The molecule has 3 atom stereocenters. The summed E-state index contributed by atoms with van der Waals surface area (Å²) in [6.45, 7) is 3.21. The summed E-state index contributed by atoms with van der Waals surface area (Å²) in [5.74, 6) is -0.119. The molecule has 0 bridgehead atoms. The van der Waals surface area contributed by atoms with E-state index >= 15 is 0 Å². The van der Waals surface area contributed by atoms with Crippen LogP contribution in [0.4, 0.5) is 4.39 Å². The fraction of sp³-hybridized carbons (Fsp3) is 0.409. The van der Waals surface area contributed by atoms with Crippen molar-refractivity contribution in [2.75, 3.05) is 33.4 Å². The Morgan fingerprint density at radius 3 is 2.25 bits per heavy atom. The molecule has 3 rings (SSSR count). The molecule has 0 radical (unpaired) electrons. The van der Waals surface area contributed by atoms with Crippen molar-refractivity contribution in [2.45, 2.75) is 24.9 Å². The van der Waals surface area contributed by atoms with Gasteiger partial charge in [0.05, 0.1) is 13.2 Å². The van der Waals surface area contributed by atoms with Crippen LogP contribution < -0.4 is 5.32 Å². The van der Waals surface area contributed by atoms with Crippen LogP contribution in [-0.2, 0) is 9.53 Å². The molecule has 5 nitrogen and oxygen atoms in total. The number of nitrogens with zero attached hydrogens (tertiary/aromatic N) is 1. The van der Waals surface area contributed by atoms with Gasteiger partial charge in [-0.05, 0) is 28.8 Å². The average Bonchev–Trinajstić information content (AvgIpc) is 2.68. The smallest absolute Gasteiger partial charge is 0.219 e. The van der Waals surface area contributed by atoms with E-state index in [0.29, 0.717) is 19.7 Å². The van der Waals surface area contributed by atoms with Gasteiger partial charge < -0.3 is 20.1 Å². The number of benzene rings is 2. The molecular formula is C22H27FN2O3. The van der Waals surface area contributed by atoms with Crippen LogP contribution in [0.3, 0.4) is 0 Å². The summed E-state index contributed by atoms with van der Waals surface area (Å²) in [5, 5.41) is 13.0. The number of methoxy groups -OCH3 is 1. The van der Waals surface area contributed by atoms with E-state index in [9.17, 15) is 14.3 Å². The van der Waals surface area contributed by atoms with Gasteiger partial charge in [-0.15, -0.1) is 0 Å². The van der Waals surface area contributed by atoms with Gasteiger partial charge in [0.2, 0.25) is 5.91 Å². The Morgan fingerprint density at radius 2 is 1.71 bits per heavy atom. The molecular weight excluding hydrogens is 359 g/mol. The van der Waals surface area contributed by atoms with E-state index in [-0.39, 0.29) is 36.3 Å². The van der Waals surface area contributed by atoms with Gasteiger partial charge in [-0.25, -0.2) is 4.39 Å². The van der Waals surface area contributed by atoms with Gasteiger partial charge in [-0.3, -0.25) is 4.79 Å². The highest BCUT2D eigenvalue weighted by Gasteiger charge is 2.41. The predicted octanol–water partition coefficient (Wildman–Crippen LogP) is 2.40. The molecule has 0 aliphatic carbocycles. The Balaban J connectivity index is 1.73. The van der Waals surface area contributed by atoms with Gasteiger partial charge in [-0.1, -0.05) is 36.4 Å². The maximum Gasteiger partial charge on any atom is 0.219 e. The number of halogens is 1. The largest absolute Gasteiger partial charge is 0.395 e. The second kappa shape index (κ2) is 9.28. The molecule has 6 heteroatoms. The number of rotatable bonds is 8. The third-order valence-electron chi connectivity index (χ3n) is 5.39. The molecule has 2 aromatic rings. The van der Waals surface area contributed by atoms with Gasteiger partial charge in [-0.2, -0.15) is 0 Å². The van der Waals surface area contributed by atoms with Crippen LogP contribution in [0.1, 0.15) is 18.4 Å². The molecule has 0 unspecified atom stereocenters. The quantitative estimate of drug-likeness (QED) is 0.731. The third-order valence-corrected chi connectivity index (χ3v) is 5.39. The number of hydrogen-bond acceptors (Lipinski definition) is 4. The van der Waals surface area contributed by atoms with Gasteiger partial charge in [0.1, 0.15) is 5.82 Å². The van der Waals surface area contributed by atoms with Crippen LogP contribution in [0.2, 0.25) is 0 Å². The Labute approximate surface area is 165 Å². The van der Waals surface area contributed by atoms with Crippen molar-refractivity contribution in [2.24, 2.45) is 0 Å².